The van der Waals surface area contributed by atoms with Gasteiger partial charge in [-0.3, -0.25) is 14.5 Å². The van der Waals surface area contributed by atoms with Crippen molar-refractivity contribution in [3.63, 3.8) is 0 Å². The topological polar surface area (TPSA) is 153 Å². The van der Waals surface area contributed by atoms with Gasteiger partial charge in [0.05, 0.1) is 11.7 Å². The molecule has 12 heteroatoms. The fraction of sp³-hybridized carbons (Fsp3) is 0.143. The van der Waals surface area contributed by atoms with Crippen molar-refractivity contribution in [1.82, 2.24) is 34.9 Å². The molecule has 5 aromatic rings. The van der Waals surface area contributed by atoms with Crippen LogP contribution >= 0.6 is 11.6 Å². The Balaban J connectivity index is 1.65. The Kier molecular flexibility index (Phi) is 5.02. The largest absolute Gasteiger partial charge is 0.421 e. The number of aromatic nitrogens is 7. The predicted molar refractivity (Wildman–Crippen MR) is 123 cm³/mol. The van der Waals surface area contributed by atoms with Gasteiger partial charge in [-0.05, 0) is 30.5 Å². The van der Waals surface area contributed by atoms with Gasteiger partial charge in [0, 0.05) is 29.6 Å². The summed E-state index contributed by atoms with van der Waals surface area (Å²) < 4.78 is 7.07. The summed E-state index contributed by atoms with van der Waals surface area (Å²) in [5.74, 6) is 1.59. The number of nitrogens with two attached hydrogens (primary N) is 1. The van der Waals surface area contributed by atoms with Crippen LogP contribution in [0.25, 0.3) is 28.0 Å². The first kappa shape index (κ1) is 20.6. The first-order valence-corrected chi connectivity index (χ1v) is 10.3. The van der Waals surface area contributed by atoms with Crippen molar-refractivity contribution in [2.75, 3.05) is 11.1 Å². The van der Waals surface area contributed by atoms with Gasteiger partial charge in [-0.25, -0.2) is 9.97 Å². The third kappa shape index (κ3) is 3.68. The normalized spacial score (nSPS) is 12.2. The van der Waals surface area contributed by atoms with Crippen LogP contribution in [0, 0.1) is 6.92 Å². The molecule has 166 valence electrons. The minimum Gasteiger partial charge on any atom is -0.421 e. The fourth-order valence-corrected chi connectivity index (χ4v) is 3.80. The smallest absolute Gasteiger partial charge is 0.264 e. The van der Waals surface area contributed by atoms with E-state index >= 15 is 0 Å². The summed E-state index contributed by atoms with van der Waals surface area (Å²) in [6.07, 6.45) is 2.98. The zero-order chi connectivity index (χ0) is 23.1. The average molecular weight is 464 g/mol. The summed E-state index contributed by atoms with van der Waals surface area (Å²) in [6.45, 7) is 3.57. The van der Waals surface area contributed by atoms with E-state index in [1.54, 1.807) is 37.4 Å². The van der Waals surface area contributed by atoms with Crippen LogP contribution in [0.1, 0.15) is 24.6 Å². The number of halogens is 1. The fourth-order valence-electron chi connectivity index (χ4n) is 3.63. The number of anilines is 2. The molecule has 11 nitrogen and oxygen atoms in total. The van der Waals surface area contributed by atoms with Crippen molar-refractivity contribution in [3.8, 4) is 17.3 Å². The molecule has 1 unspecified atom stereocenters. The minimum absolute atomic E-state index is 0.182. The van der Waals surface area contributed by atoms with Crippen LogP contribution in [0.4, 0.5) is 11.6 Å². The standard InChI is InChI=1S/C21H18ClN9O2/c1-10(27-19-17(18(23)24-9-25-19)20-30-28-11(2)33-20)15-7-12-3-4-13(22)8-14(12)21(32)31(15)16-5-6-26-29-16/h3-10H,1-2H3,(H,26,29)(H3,23,24,25,27). The zero-order valence-electron chi connectivity index (χ0n) is 17.6. The highest BCUT2D eigenvalue weighted by Gasteiger charge is 2.22. The molecule has 4 aromatic heterocycles. The first-order chi connectivity index (χ1) is 15.9. The van der Waals surface area contributed by atoms with E-state index in [9.17, 15) is 4.79 Å². The SMILES string of the molecule is Cc1nnc(-c2c(N)ncnc2NC(C)c2cc3ccc(Cl)cc3c(=O)n2-c2cc[nH]n2)o1. The lowest BCUT2D eigenvalue weighted by atomic mass is 10.1. The Morgan fingerprint density at radius 3 is 2.79 bits per heavy atom. The van der Waals surface area contributed by atoms with Crippen molar-refractivity contribution in [2.24, 2.45) is 0 Å². The molecular weight excluding hydrogens is 446 g/mol. The summed E-state index contributed by atoms with van der Waals surface area (Å²) >= 11 is 6.14. The monoisotopic (exact) mass is 463 g/mol. The van der Waals surface area contributed by atoms with Gasteiger partial charge >= 0.3 is 0 Å². The Morgan fingerprint density at radius 2 is 2.06 bits per heavy atom. The Labute approximate surface area is 191 Å². The van der Waals surface area contributed by atoms with E-state index in [1.165, 1.54) is 10.9 Å². The predicted octanol–water partition coefficient (Wildman–Crippen LogP) is 3.27. The quantitative estimate of drug-likeness (QED) is 0.356. The summed E-state index contributed by atoms with van der Waals surface area (Å²) in [4.78, 5) is 21.8. The van der Waals surface area contributed by atoms with Crippen LogP contribution in [0.5, 0.6) is 0 Å². The number of hydrogen-bond donors (Lipinski definition) is 3. The van der Waals surface area contributed by atoms with Crippen LogP contribution < -0.4 is 16.6 Å². The van der Waals surface area contributed by atoms with Crippen LogP contribution in [0.15, 0.2) is 52.1 Å². The van der Waals surface area contributed by atoms with E-state index in [0.717, 1.165) is 5.39 Å². The summed E-state index contributed by atoms with van der Waals surface area (Å²) in [6, 6.07) is 8.39. The molecule has 0 spiro atoms. The van der Waals surface area contributed by atoms with Gasteiger partial charge in [0.2, 0.25) is 5.89 Å². The zero-order valence-corrected chi connectivity index (χ0v) is 18.3. The molecule has 0 saturated carbocycles. The molecule has 0 aliphatic heterocycles. The van der Waals surface area contributed by atoms with Gasteiger partial charge in [-0.2, -0.15) is 5.10 Å². The van der Waals surface area contributed by atoms with Crippen molar-refractivity contribution in [2.45, 2.75) is 19.9 Å². The van der Waals surface area contributed by atoms with Gasteiger partial charge in [0.1, 0.15) is 23.5 Å². The summed E-state index contributed by atoms with van der Waals surface area (Å²) in [5, 5.41) is 19.9. The molecule has 33 heavy (non-hydrogen) atoms. The number of aryl methyl sites for hydroxylation is 1. The maximum absolute atomic E-state index is 13.4. The number of hydrogen-bond acceptors (Lipinski definition) is 9. The lowest BCUT2D eigenvalue weighted by Crippen LogP contribution is -2.26. The number of H-pyrrole nitrogens is 1. The van der Waals surface area contributed by atoms with Crippen molar-refractivity contribution in [3.05, 3.63) is 69.8 Å². The second kappa shape index (κ2) is 8.02. The molecule has 5 rings (SSSR count). The lowest BCUT2D eigenvalue weighted by Gasteiger charge is -2.21. The maximum atomic E-state index is 13.4. The van der Waals surface area contributed by atoms with Crippen LogP contribution in [-0.2, 0) is 0 Å². The third-order valence-corrected chi connectivity index (χ3v) is 5.37. The number of nitrogens with one attached hydrogen (secondary N) is 2. The van der Waals surface area contributed by atoms with E-state index < -0.39 is 6.04 Å². The number of pyridine rings is 1. The Hall–Kier alpha value is -4.25. The Bertz CT molecular complexity index is 1530. The van der Waals surface area contributed by atoms with E-state index in [4.69, 9.17) is 21.8 Å². The summed E-state index contributed by atoms with van der Waals surface area (Å²) in [7, 11) is 0. The van der Waals surface area contributed by atoms with E-state index in [0.29, 0.717) is 39.2 Å². The van der Waals surface area contributed by atoms with Crippen LogP contribution in [-0.4, -0.2) is 34.9 Å². The highest BCUT2D eigenvalue weighted by molar-refractivity contribution is 6.31. The number of aromatic amines is 1. The second-order valence-corrected chi connectivity index (χ2v) is 7.78. The number of rotatable bonds is 5. The Morgan fingerprint density at radius 1 is 1.21 bits per heavy atom. The lowest BCUT2D eigenvalue weighted by molar-refractivity contribution is 0.532. The maximum Gasteiger partial charge on any atom is 0.264 e. The molecule has 0 radical (unpaired) electrons. The number of nitrogen functional groups attached to an aromatic ring is 1. The molecular formula is C21H18ClN9O2. The molecule has 0 aliphatic rings. The third-order valence-electron chi connectivity index (χ3n) is 5.14. The van der Waals surface area contributed by atoms with Crippen molar-refractivity contribution in [1.29, 1.82) is 0 Å². The van der Waals surface area contributed by atoms with E-state index in [2.05, 4.69) is 35.7 Å². The number of nitrogens with zero attached hydrogens (tertiary/aromatic N) is 6. The second-order valence-electron chi connectivity index (χ2n) is 7.35. The molecule has 4 heterocycles. The first-order valence-electron chi connectivity index (χ1n) is 9.95. The van der Waals surface area contributed by atoms with Crippen LogP contribution in [0.2, 0.25) is 5.02 Å². The van der Waals surface area contributed by atoms with Gasteiger partial charge in [0.25, 0.3) is 11.4 Å². The number of benzene rings is 1. The van der Waals surface area contributed by atoms with Gasteiger partial charge in [-0.1, -0.05) is 17.7 Å². The molecule has 0 fully saturated rings. The van der Waals surface area contributed by atoms with Crippen LogP contribution in [0.3, 0.4) is 0 Å². The average Bonchev–Trinajstić information content (AvgIpc) is 3.46. The van der Waals surface area contributed by atoms with E-state index in [-0.39, 0.29) is 17.3 Å². The van der Waals surface area contributed by atoms with Crippen molar-refractivity contribution >= 4 is 34.0 Å². The molecule has 0 saturated heterocycles. The molecule has 0 aliphatic carbocycles. The van der Waals surface area contributed by atoms with Gasteiger partial charge in [0.15, 0.2) is 5.82 Å². The van der Waals surface area contributed by atoms with E-state index in [1.807, 2.05) is 13.0 Å². The highest BCUT2D eigenvalue weighted by Crippen LogP contribution is 2.32. The van der Waals surface area contributed by atoms with Gasteiger partial charge in [-0.15, -0.1) is 10.2 Å². The summed E-state index contributed by atoms with van der Waals surface area (Å²) in [5.41, 5.74) is 6.87. The van der Waals surface area contributed by atoms with Crippen molar-refractivity contribution < 1.29 is 4.42 Å². The molecule has 4 N–H and O–H groups in total. The number of fused-ring (bicyclic) bond motifs is 1. The molecule has 1 atom stereocenters. The molecule has 1 aromatic carbocycles. The molecule has 0 bridgehead atoms. The highest BCUT2D eigenvalue weighted by atomic mass is 35.5. The van der Waals surface area contributed by atoms with Gasteiger partial charge < -0.3 is 15.5 Å². The molecule has 0 amide bonds. The minimum atomic E-state index is -0.411.